The average molecular weight is 333 g/mol. The fourth-order valence-electron chi connectivity index (χ4n) is 3.68. The van der Waals surface area contributed by atoms with E-state index in [4.69, 9.17) is 0 Å². The smallest absolute Gasteiger partial charge is 0.271 e. The molecule has 2 fully saturated rings. The third-order valence-electron chi connectivity index (χ3n) is 5.26. The molecule has 1 unspecified atom stereocenters. The Labute approximate surface area is 145 Å². The first kappa shape index (κ1) is 17.4. The number of piperidine rings is 2. The van der Waals surface area contributed by atoms with Crippen LogP contribution in [0, 0.1) is 0 Å². The summed E-state index contributed by atoms with van der Waals surface area (Å²) in [7, 11) is 0. The van der Waals surface area contributed by atoms with Gasteiger partial charge in [0.2, 0.25) is 0 Å². The van der Waals surface area contributed by atoms with Crippen molar-refractivity contribution in [1.82, 2.24) is 25.3 Å². The Bertz CT molecular complexity index is 548. The molecular formula is C18H31N5O. The highest BCUT2D eigenvalue weighted by atomic mass is 16.2. The molecule has 2 saturated heterocycles. The number of carbonyl (C=O) groups is 1. The van der Waals surface area contributed by atoms with E-state index >= 15 is 0 Å². The van der Waals surface area contributed by atoms with E-state index in [-0.39, 0.29) is 17.5 Å². The first-order chi connectivity index (χ1) is 11.4. The molecule has 0 spiro atoms. The van der Waals surface area contributed by atoms with Crippen LogP contribution in [0.2, 0.25) is 0 Å². The molecule has 0 aliphatic carbocycles. The highest BCUT2D eigenvalue weighted by Crippen LogP contribution is 2.20. The number of hydrogen-bond acceptors (Lipinski definition) is 4. The van der Waals surface area contributed by atoms with Gasteiger partial charge in [-0.05, 0) is 59.1 Å². The molecular weight excluding hydrogens is 302 g/mol. The zero-order chi connectivity index (χ0) is 17.2. The molecule has 0 bridgehead atoms. The molecule has 1 aromatic heterocycles. The second kappa shape index (κ2) is 7.23. The topological polar surface area (TPSA) is 62.2 Å². The fourth-order valence-corrected chi connectivity index (χ4v) is 3.68. The number of hydrogen-bond donors (Lipinski definition) is 2. The Morgan fingerprint density at radius 3 is 2.67 bits per heavy atom. The quantitative estimate of drug-likeness (QED) is 0.885. The standard InChI is InChI=1S/C18H31N5O/c1-18(2,3)22-10-6-14(7-11-22)20-17(24)16-8-12-23(21-16)15-5-4-9-19-13-15/h8,12,14-15,19H,4-7,9-11,13H2,1-3H3,(H,20,24). The normalized spacial score (nSPS) is 24.0. The molecule has 24 heavy (non-hydrogen) atoms. The van der Waals surface area contributed by atoms with Crippen molar-refractivity contribution in [2.24, 2.45) is 0 Å². The van der Waals surface area contributed by atoms with Crippen molar-refractivity contribution >= 4 is 5.91 Å². The molecule has 3 rings (SSSR count). The van der Waals surface area contributed by atoms with Gasteiger partial charge in [0, 0.05) is 37.4 Å². The maximum Gasteiger partial charge on any atom is 0.271 e. The lowest BCUT2D eigenvalue weighted by atomic mass is 9.98. The van der Waals surface area contributed by atoms with Gasteiger partial charge in [0.05, 0.1) is 6.04 Å². The lowest BCUT2D eigenvalue weighted by molar-refractivity contribution is 0.0808. The highest BCUT2D eigenvalue weighted by Gasteiger charge is 2.28. The minimum atomic E-state index is -0.0354. The van der Waals surface area contributed by atoms with Crippen LogP contribution in [0.25, 0.3) is 0 Å². The van der Waals surface area contributed by atoms with Gasteiger partial charge in [-0.2, -0.15) is 5.10 Å². The summed E-state index contributed by atoms with van der Waals surface area (Å²) in [6.07, 6.45) is 6.25. The molecule has 0 aromatic carbocycles. The van der Waals surface area contributed by atoms with Gasteiger partial charge in [-0.25, -0.2) is 0 Å². The van der Waals surface area contributed by atoms with Gasteiger partial charge in [0.15, 0.2) is 0 Å². The van der Waals surface area contributed by atoms with Gasteiger partial charge in [-0.15, -0.1) is 0 Å². The average Bonchev–Trinajstić information content (AvgIpc) is 3.05. The SMILES string of the molecule is CC(C)(C)N1CCC(NC(=O)c2ccn(C3CCCNC3)n2)CC1. The van der Waals surface area contributed by atoms with E-state index in [0.717, 1.165) is 45.4 Å². The van der Waals surface area contributed by atoms with Crippen LogP contribution in [0.3, 0.4) is 0 Å². The molecule has 2 N–H and O–H groups in total. The Hall–Kier alpha value is -1.40. The second-order valence-electron chi connectivity index (χ2n) is 8.09. The van der Waals surface area contributed by atoms with E-state index in [2.05, 4.69) is 41.4 Å². The van der Waals surface area contributed by atoms with Crippen molar-refractivity contribution in [3.63, 3.8) is 0 Å². The third-order valence-corrected chi connectivity index (χ3v) is 5.26. The van der Waals surface area contributed by atoms with E-state index in [1.54, 1.807) is 0 Å². The zero-order valence-electron chi connectivity index (χ0n) is 15.2. The number of aromatic nitrogens is 2. The highest BCUT2D eigenvalue weighted by molar-refractivity contribution is 5.92. The lowest BCUT2D eigenvalue weighted by Crippen LogP contribution is -2.50. The molecule has 0 radical (unpaired) electrons. The monoisotopic (exact) mass is 333 g/mol. The summed E-state index contributed by atoms with van der Waals surface area (Å²) >= 11 is 0. The molecule has 1 aromatic rings. The summed E-state index contributed by atoms with van der Waals surface area (Å²) in [6, 6.07) is 2.47. The lowest BCUT2D eigenvalue weighted by Gasteiger charge is -2.40. The summed E-state index contributed by atoms with van der Waals surface area (Å²) in [6.45, 7) is 10.8. The van der Waals surface area contributed by atoms with Crippen LogP contribution in [0.5, 0.6) is 0 Å². The van der Waals surface area contributed by atoms with Crippen LogP contribution in [0.15, 0.2) is 12.3 Å². The van der Waals surface area contributed by atoms with Crippen molar-refractivity contribution in [1.29, 1.82) is 0 Å². The summed E-state index contributed by atoms with van der Waals surface area (Å²) in [5, 5.41) is 11.1. The van der Waals surface area contributed by atoms with Crippen molar-refractivity contribution in [2.45, 2.75) is 64.1 Å². The molecule has 1 amide bonds. The Balaban J connectivity index is 1.51. The van der Waals surface area contributed by atoms with Crippen LogP contribution in [-0.4, -0.2) is 58.3 Å². The minimum Gasteiger partial charge on any atom is -0.348 e. The van der Waals surface area contributed by atoms with Gasteiger partial charge in [0.25, 0.3) is 5.91 Å². The van der Waals surface area contributed by atoms with E-state index in [1.807, 2.05) is 16.9 Å². The maximum atomic E-state index is 12.5. The molecule has 6 heteroatoms. The summed E-state index contributed by atoms with van der Waals surface area (Å²) in [5.41, 5.74) is 0.751. The Morgan fingerprint density at radius 2 is 2.04 bits per heavy atom. The van der Waals surface area contributed by atoms with E-state index in [1.165, 1.54) is 6.42 Å². The van der Waals surface area contributed by atoms with E-state index in [0.29, 0.717) is 11.7 Å². The van der Waals surface area contributed by atoms with Gasteiger partial charge >= 0.3 is 0 Å². The summed E-state index contributed by atoms with van der Waals surface area (Å²) < 4.78 is 1.95. The Morgan fingerprint density at radius 1 is 1.29 bits per heavy atom. The van der Waals surface area contributed by atoms with Crippen molar-refractivity contribution in [3.05, 3.63) is 18.0 Å². The van der Waals surface area contributed by atoms with E-state index < -0.39 is 0 Å². The number of amides is 1. The predicted molar refractivity (Wildman–Crippen MR) is 95.2 cm³/mol. The molecule has 2 aliphatic heterocycles. The van der Waals surface area contributed by atoms with E-state index in [9.17, 15) is 4.79 Å². The van der Waals surface area contributed by atoms with Crippen molar-refractivity contribution in [3.8, 4) is 0 Å². The zero-order valence-corrected chi connectivity index (χ0v) is 15.2. The first-order valence-electron chi connectivity index (χ1n) is 9.25. The number of likely N-dealkylation sites (tertiary alicyclic amines) is 1. The number of rotatable bonds is 3. The summed E-state index contributed by atoms with van der Waals surface area (Å²) in [4.78, 5) is 15.0. The molecule has 1 atom stereocenters. The van der Waals surface area contributed by atoms with Crippen LogP contribution in [-0.2, 0) is 0 Å². The predicted octanol–water partition coefficient (Wildman–Crippen LogP) is 1.80. The minimum absolute atomic E-state index is 0.0354. The van der Waals surface area contributed by atoms with Crippen molar-refractivity contribution < 1.29 is 4.79 Å². The largest absolute Gasteiger partial charge is 0.348 e. The van der Waals surface area contributed by atoms with Gasteiger partial charge in [-0.3, -0.25) is 14.4 Å². The van der Waals surface area contributed by atoms with Crippen LogP contribution in [0.1, 0.15) is 63.0 Å². The molecule has 0 saturated carbocycles. The molecule has 6 nitrogen and oxygen atoms in total. The number of nitrogens with zero attached hydrogens (tertiary/aromatic N) is 3. The second-order valence-corrected chi connectivity index (χ2v) is 8.09. The van der Waals surface area contributed by atoms with Gasteiger partial charge in [0.1, 0.15) is 5.69 Å². The Kier molecular flexibility index (Phi) is 5.25. The molecule has 2 aliphatic rings. The fraction of sp³-hybridized carbons (Fsp3) is 0.778. The molecule has 134 valence electrons. The first-order valence-corrected chi connectivity index (χ1v) is 9.25. The van der Waals surface area contributed by atoms with Gasteiger partial charge < -0.3 is 10.6 Å². The third kappa shape index (κ3) is 4.16. The summed E-state index contributed by atoms with van der Waals surface area (Å²) in [5.74, 6) is -0.0354. The van der Waals surface area contributed by atoms with Crippen LogP contribution < -0.4 is 10.6 Å². The van der Waals surface area contributed by atoms with Crippen LogP contribution >= 0.6 is 0 Å². The van der Waals surface area contributed by atoms with Gasteiger partial charge in [-0.1, -0.05) is 0 Å². The molecule has 3 heterocycles. The van der Waals surface area contributed by atoms with Crippen LogP contribution in [0.4, 0.5) is 0 Å². The number of carbonyl (C=O) groups excluding carboxylic acids is 1. The maximum absolute atomic E-state index is 12.5. The number of nitrogens with one attached hydrogen (secondary N) is 2. The van der Waals surface area contributed by atoms with Crippen molar-refractivity contribution in [2.75, 3.05) is 26.2 Å².